The molecule has 2 aliphatic carbocycles. The summed E-state index contributed by atoms with van der Waals surface area (Å²) in [6.45, 7) is 0. The molecule has 2 fully saturated rings. The van der Waals surface area contributed by atoms with Crippen molar-refractivity contribution >= 4 is 31.9 Å². The zero-order valence-corrected chi connectivity index (χ0v) is 13.3. The minimum absolute atomic E-state index is 0.818. The van der Waals surface area contributed by atoms with Gasteiger partial charge in [0.25, 0.3) is 0 Å². The van der Waals surface area contributed by atoms with Crippen molar-refractivity contribution in [1.29, 1.82) is 0 Å². The zero-order valence-electron chi connectivity index (χ0n) is 10.1. The molecule has 2 saturated carbocycles. The summed E-state index contributed by atoms with van der Waals surface area (Å²) in [5, 5.41) is 0. The maximum Gasteiger partial charge on any atom is 0.0174 e. The molecule has 2 rings (SSSR count). The molecule has 0 aromatic heterocycles. The molecule has 0 N–H and O–H groups in total. The van der Waals surface area contributed by atoms with Crippen LogP contribution in [0.1, 0.15) is 64.2 Å². The molecule has 0 heterocycles. The maximum absolute atomic E-state index is 3.88. The summed E-state index contributed by atoms with van der Waals surface area (Å²) in [6.07, 6.45) is 14.5. The molecule has 0 spiro atoms. The highest BCUT2D eigenvalue weighted by Gasteiger charge is 2.26. The molecule has 94 valence electrons. The van der Waals surface area contributed by atoms with E-state index in [0.29, 0.717) is 0 Å². The molecule has 0 aromatic carbocycles. The summed E-state index contributed by atoms with van der Waals surface area (Å²) in [4.78, 5) is 1.64. The summed E-state index contributed by atoms with van der Waals surface area (Å²) in [7, 11) is 0. The number of hydrogen-bond donors (Lipinski definition) is 0. The van der Waals surface area contributed by atoms with E-state index >= 15 is 0 Å². The average molecular weight is 352 g/mol. The van der Waals surface area contributed by atoms with Crippen molar-refractivity contribution in [1.82, 2.24) is 0 Å². The van der Waals surface area contributed by atoms with Crippen LogP contribution in [-0.2, 0) is 0 Å². The molecule has 2 heteroatoms. The SMILES string of the molecule is BrC1CCCCC1CCC1CCCCC1Br. The third-order valence-electron chi connectivity index (χ3n) is 4.54. The Kier molecular flexibility index (Phi) is 5.67. The van der Waals surface area contributed by atoms with Crippen LogP contribution < -0.4 is 0 Å². The van der Waals surface area contributed by atoms with Crippen LogP contribution in [0.15, 0.2) is 0 Å². The Hall–Kier alpha value is 0.960. The van der Waals surface area contributed by atoms with Gasteiger partial charge in [-0.2, -0.15) is 0 Å². The Morgan fingerprint density at radius 3 is 1.38 bits per heavy atom. The van der Waals surface area contributed by atoms with Gasteiger partial charge in [-0.05, 0) is 50.4 Å². The van der Waals surface area contributed by atoms with E-state index in [1.54, 1.807) is 0 Å². The van der Waals surface area contributed by atoms with Crippen molar-refractivity contribution in [3.63, 3.8) is 0 Å². The summed E-state index contributed by atoms with van der Waals surface area (Å²) >= 11 is 7.77. The van der Waals surface area contributed by atoms with Gasteiger partial charge in [-0.15, -0.1) is 0 Å². The molecule has 0 radical (unpaired) electrons. The molecule has 4 unspecified atom stereocenters. The van der Waals surface area contributed by atoms with Gasteiger partial charge < -0.3 is 0 Å². The van der Waals surface area contributed by atoms with E-state index in [2.05, 4.69) is 31.9 Å². The van der Waals surface area contributed by atoms with Gasteiger partial charge in [0.2, 0.25) is 0 Å². The van der Waals surface area contributed by atoms with Crippen molar-refractivity contribution in [2.75, 3.05) is 0 Å². The molecule has 0 saturated heterocycles. The van der Waals surface area contributed by atoms with Gasteiger partial charge in [-0.3, -0.25) is 0 Å². The van der Waals surface area contributed by atoms with Crippen molar-refractivity contribution in [2.24, 2.45) is 11.8 Å². The highest BCUT2D eigenvalue weighted by atomic mass is 79.9. The first kappa shape index (κ1) is 13.4. The molecule has 0 amide bonds. The minimum atomic E-state index is 0.818. The van der Waals surface area contributed by atoms with Gasteiger partial charge >= 0.3 is 0 Å². The Labute approximate surface area is 117 Å². The van der Waals surface area contributed by atoms with E-state index in [-0.39, 0.29) is 0 Å². The van der Waals surface area contributed by atoms with Crippen LogP contribution in [0, 0.1) is 11.8 Å². The van der Waals surface area contributed by atoms with Crippen LogP contribution in [0.2, 0.25) is 0 Å². The molecule has 16 heavy (non-hydrogen) atoms. The van der Waals surface area contributed by atoms with Gasteiger partial charge in [0.05, 0.1) is 0 Å². The second-order valence-electron chi connectivity index (χ2n) is 5.70. The summed E-state index contributed by atoms with van der Waals surface area (Å²) < 4.78 is 0. The Morgan fingerprint density at radius 2 is 1.00 bits per heavy atom. The number of rotatable bonds is 3. The first-order chi connectivity index (χ1) is 7.77. The van der Waals surface area contributed by atoms with Crippen LogP contribution in [-0.4, -0.2) is 9.65 Å². The standard InChI is InChI=1S/C14H24Br2/c15-13-7-3-1-5-11(13)9-10-12-6-2-4-8-14(12)16/h11-14H,1-10H2. The third-order valence-corrected chi connectivity index (χ3v) is 6.95. The van der Waals surface area contributed by atoms with E-state index in [9.17, 15) is 0 Å². The lowest BCUT2D eigenvalue weighted by molar-refractivity contribution is 0.288. The van der Waals surface area contributed by atoms with Gasteiger partial charge in [0.1, 0.15) is 0 Å². The van der Waals surface area contributed by atoms with E-state index < -0.39 is 0 Å². The summed E-state index contributed by atoms with van der Waals surface area (Å²) in [6, 6.07) is 0. The second kappa shape index (κ2) is 6.78. The molecule has 0 aromatic rings. The van der Waals surface area contributed by atoms with Crippen molar-refractivity contribution < 1.29 is 0 Å². The Balaban J connectivity index is 1.72. The highest BCUT2D eigenvalue weighted by molar-refractivity contribution is 9.09. The lowest BCUT2D eigenvalue weighted by Gasteiger charge is -2.32. The molecular weight excluding hydrogens is 328 g/mol. The first-order valence-electron chi connectivity index (χ1n) is 7.05. The van der Waals surface area contributed by atoms with Crippen molar-refractivity contribution in [3.8, 4) is 0 Å². The summed E-state index contributed by atoms with van der Waals surface area (Å²) in [5.74, 6) is 1.94. The fraction of sp³-hybridized carbons (Fsp3) is 1.00. The molecule has 0 bridgehead atoms. The topological polar surface area (TPSA) is 0 Å². The molecule has 2 aliphatic rings. The normalized spacial score (nSPS) is 40.9. The van der Waals surface area contributed by atoms with Gasteiger partial charge in [-0.25, -0.2) is 0 Å². The second-order valence-corrected chi connectivity index (χ2v) is 8.05. The molecule has 0 aliphatic heterocycles. The zero-order chi connectivity index (χ0) is 11.4. The van der Waals surface area contributed by atoms with Gasteiger partial charge in [0.15, 0.2) is 0 Å². The van der Waals surface area contributed by atoms with E-state index in [0.717, 1.165) is 21.5 Å². The van der Waals surface area contributed by atoms with Gasteiger partial charge in [-0.1, -0.05) is 57.5 Å². The highest BCUT2D eigenvalue weighted by Crippen LogP contribution is 2.38. The van der Waals surface area contributed by atoms with Gasteiger partial charge in [0, 0.05) is 9.65 Å². The lowest BCUT2D eigenvalue weighted by atomic mass is 9.80. The number of hydrogen-bond acceptors (Lipinski definition) is 0. The van der Waals surface area contributed by atoms with E-state index in [4.69, 9.17) is 0 Å². The van der Waals surface area contributed by atoms with Crippen LogP contribution >= 0.6 is 31.9 Å². The molecular formula is C14H24Br2. The van der Waals surface area contributed by atoms with Crippen LogP contribution in [0.25, 0.3) is 0 Å². The quantitative estimate of drug-likeness (QED) is 0.574. The first-order valence-corrected chi connectivity index (χ1v) is 8.88. The maximum atomic E-state index is 3.88. The largest absolute Gasteiger partial charge is 0.0888 e. The van der Waals surface area contributed by atoms with Crippen LogP contribution in [0.4, 0.5) is 0 Å². The van der Waals surface area contributed by atoms with Crippen LogP contribution in [0.5, 0.6) is 0 Å². The van der Waals surface area contributed by atoms with E-state index in [1.807, 2.05) is 0 Å². The van der Waals surface area contributed by atoms with Crippen molar-refractivity contribution in [2.45, 2.75) is 73.9 Å². The minimum Gasteiger partial charge on any atom is -0.0888 e. The van der Waals surface area contributed by atoms with Crippen molar-refractivity contribution in [3.05, 3.63) is 0 Å². The van der Waals surface area contributed by atoms with E-state index in [1.165, 1.54) is 64.2 Å². The summed E-state index contributed by atoms with van der Waals surface area (Å²) in [5.41, 5.74) is 0. The number of halogens is 2. The monoisotopic (exact) mass is 350 g/mol. The predicted molar refractivity (Wildman–Crippen MR) is 78.6 cm³/mol. The Morgan fingerprint density at radius 1 is 0.625 bits per heavy atom. The third kappa shape index (κ3) is 3.73. The number of alkyl halides is 2. The fourth-order valence-electron chi connectivity index (χ4n) is 3.40. The lowest BCUT2D eigenvalue weighted by Crippen LogP contribution is -2.23. The molecule has 4 atom stereocenters. The predicted octanol–water partition coefficient (Wildman–Crippen LogP) is 5.67. The smallest absolute Gasteiger partial charge is 0.0174 e. The fourth-order valence-corrected chi connectivity index (χ4v) is 5.11. The Bertz CT molecular complexity index is 183. The average Bonchev–Trinajstić information content (AvgIpc) is 2.30. The molecule has 0 nitrogen and oxygen atoms in total. The van der Waals surface area contributed by atoms with Crippen LogP contribution in [0.3, 0.4) is 0 Å².